The maximum absolute atomic E-state index is 13.8. The van der Waals surface area contributed by atoms with Gasteiger partial charge in [0.1, 0.15) is 35.4 Å². The minimum absolute atomic E-state index is 0.000785. The number of aliphatic hydroxyl groups excluding tert-OH is 4. The Hall–Kier alpha value is -2.61. The van der Waals surface area contributed by atoms with Gasteiger partial charge in [0.2, 0.25) is 0 Å². The Kier molecular flexibility index (Phi) is 7.60. The zero-order valence-electron chi connectivity index (χ0n) is 21.1. The van der Waals surface area contributed by atoms with Gasteiger partial charge < -0.3 is 44.8 Å². The molecule has 0 aromatic heterocycles. The predicted molar refractivity (Wildman–Crippen MR) is 127 cm³/mol. The van der Waals surface area contributed by atoms with E-state index < -0.39 is 77.8 Å². The van der Waals surface area contributed by atoms with Gasteiger partial charge in [-0.25, -0.2) is 9.59 Å². The van der Waals surface area contributed by atoms with Crippen LogP contribution in [0, 0.1) is 11.3 Å². The maximum Gasteiger partial charge on any atom is 0.331 e. The van der Waals surface area contributed by atoms with E-state index in [1.54, 1.807) is 13.0 Å². The van der Waals surface area contributed by atoms with Gasteiger partial charge >= 0.3 is 17.9 Å². The molecule has 0 aromatic carbocycles. The third-order valence-electron chi connectivity index (χ3n) is 8.65. The average Bonchev–Trinajstić information content (AvgIpc) is 3.01. The zero-order valence-corrected chi connectivity index (χ0v) is 21.1. The van der Waals surface area contributed by atoms with Gasteiger partial charge in [-0.3, -0.25) is 4.79 Å². The van der Waals surface area contributed by atoms with Crippen LogP contribution in [0.2, 0.25) is 0 Å². The first-order valence-corrected chi connectivity index (χ1v) is 12.6. The van der Waals surface area contributed by atoms with Crippen LogP contribution >= 0.6 is 0 Å². The number of carboxylic acid groups (broad SMARTS) is 2. The number of esters is 1. The molecule has 2 saturated heterocycles. The van der Waals surface area contributed by atoms with Crippen LogP contribution in [0.5, 0.6) is 0 Å². The largest absolute Gasteiger partial charge is 0.478 e. The third-order valence-corrected chi connectivity index (χ3v) is 8.65. The van der Waals surface area contributed by atoms with Crippen LogP contribution in [0.25, 0.3) is 0 Å². The van der Waals surface area contributed by atoms with E-state index in [1.807, 2.05) is 0 Å². The second-order valence-electron chi connectivity index (χ2n) is 10.7. The molecule has 2 heterocycles. The van der Waals surface area contributed by atoms with Gasteiger partial charge in [-0.15, -0.1) is 0 Å². The lowest BCUT2D eigenvalue weighted by Crippen LogP contribution is -2.68. The lowest BCUT2D eigenvalue weighted by atomic mass is 9.62. The first kappa shape index (κ1) is 28.4. The summed E-state index contributed by atoms with van der Waals surface area (Å²) in [6, 6.07) is 0. The van der Waals surface area contributed by atoms with Crippen LogP contribution in [-0.2, 0) is 28.6 Å². The molecule has 9 atom stereocenters. The third kappa shape index (κ3) is 4.38. The number of allylic oxidation sites excluding steroid dienone is 3. The summed E-state index contributed by atoms with van der Waals surface area (Å²) in [5.41, 5.74) is -3.89. The standard InChI is InChI=1S/C26H34O12/c1-13(20(31)32)4-3-8-24(2)16-7-10-25(23(35)38-24)9-5-14(21(33)34)6-11-26(16,25)37-22-19(30)18(29)17(28)15(12-27)36-22/h3-5,8,15-19,22,27-30H,6-7,9-12H2,1-2H3,(H,31,32)(H,33,34)/b8-3+,13-4+/t15-,16+,17-,18+,19-,22+,24-,25-,26+/m1/s1. The number of rotatable bonds is 7. The first-order valence-electron chi connectivity index (χ1n) is 12.6. The van der Waals surface area contributed by atoms with Gasteiger partial charge in [0.25, 0.3) is 0 Å². The fraction of sp³-hybridized carbons (Fsp3) is 0.654. The van der Waals surface area contributed by atoms with Gasteiger partial charge in [-0.05, 0) is 52.0 Å². The van der Waals surface area contributed by atoms with E-state index in [0.717, 1.165) is 0 Å². The molecule has 12 nitrogen and oxygen atoms in total. The molecule has 38 heavy (non-hydrogen) atoms. The molecule has 0 amide bonds. The number of carbonyl (C=O) groups excluding carboxylic acids is 1. The van der Waals surface area contributed by atoms with Crippen LogP contribution in [-0.4, -0.2) is 97.1 Å². The molecule has 0 unspecified atom stereocenters. The molecular formula is C26H34O12. The highest BCUT2D eigenvalue weighted by molar-refractivity contribution is 5.88. The summed E-state index contributed by atoms with van der Waals surface area (Å²) >= 11 is 0. The molecule has 2 aliphatic heterocycles. The van der Waals surface area contributed by atoms with Crippen molar-refractivity contribution in [3.05, 3.63) is 35.5 Å². The molecule has 4 aliphatic rings. The average molecular weight is 539 g/mol. The predicted octanol–water partition coefficient (Wildman–Crippen LogP) is 0.0356. The number of cyclic esters (lactones) is 1. The Morgan fingerprint density at radius 3 is 2.50 bits per heavy atom. The number of hydrogen-bond donors (Lipinski definition) is 6. The molecule has 6 N–H and O–H groups in total. The molecule has 2 aliphatic carbocycles. The number of carboxylic acids is 2. The van der Waals surface area contributed by atoms with Crippen molar-refractivity contribution in [3.63, 3.8) is 0 Å². The Morgan fingerprint density at radius 2 is 1.87 bits per heavy atom. The maximum atomic E-state index is 13.8. The number of ether oxygens (including phenoxy) is 3. The smallest absolute Gasteiger partial charge is 0.331 e. The van der Waals surface area contributed by atoms with E-state index in [0.29, 0.717) is 6.42 Å². The van der Waals surface area contributed by atoms with Crippen molar-refractivity contribution in [2.24, 2.45) is 11.3 Å². The van der Waals surface area contributed by atoms with Crippen LogP contribution in [0.15, 0.2) is 35.5 Å². The van der Waals surface area contributed by atoms with E-state index in [2.05, 4.69) is 0 Å². The topological polar surface area (TPSA) is 200 Å². The first-order chi connectivity index (χ1) is 17.8. The van der Waals surface area contributed by atoms with Crippen molar-refractivity contribution in [3.8, 4) is 0 Å². The summed E-state index contributed by atoms with van der Waals surface area (Å²) in [5, 5.41) is 59.8. The van der Waals surface area contributed by atoms with Crippen molar-refractivity contribution >= 4 is 17.9 Å². The fourth-order valence-electron chi connectivity index (χ4n) is 6.48. The van der Waals surface area contributed by atoms with Crippen molar-refractivity contribution in [2.45, 2.75) is 87.9 Å². The van der Waals surface area contributed by atoms with E-state index in [9.17, 15) is 39.9 Å². The summed E-state index contributed by atoms with van der Waals surface area (Å²) in [5.74, 6) is -3.45. The Bertz CT molecular complexity index is 1080. The molecule has 3 fully saturated rings. The molecule has 2 bridgehead atoms. The summed E-state index contributed by atoms with van der Waals surface area (Å²) < 4.78 is 18.1. The highest BCUT2D eigenvalue weighted by Gasteiger charge is 2.74. The van der Waals surface area contributed by atoms with Crippen LogP contribution in [0.4, 0.5) is 0 Å². The minimum Gasteiger partial charge on any atom is -0.478 e. The SMILES string of the molecule is C/C(=C\C=C\[C@@]1(C)OC(=O)[C@]23CC=C(C(=O)O)CC[C@]2(O[C@@H]2O[C@H](CO)[C@@H](O)[C@H](O)[C@H]2O)[C@H]1CC3)C(=O)O. The Morgan fingerprint density at radius 1 is 1.16 bits per heavy atom. The number of hydrogen-bond acceptors (Lipinski definition) is 10. The number of aliphatic carboxylic acids is 2. The summed E-state index contributed by atoms with van der Waals surface area (Å²) in [6.45, 7) is 2.39. The lowest BCUT2D eigenvalue weighted by Gasteiger charge is -2.56. The summed E-state index contributed by atoms with van der Waals surface area (Å²) in [4.78, 5) is 36.8. The van der Waals surface area contributed by atoms with Crippen molar-refractivity contribution in [2.75, 3.05) is 6.61 Å². The second-order valence-corrected chi connectivity index (χ2v) is 10.7. The molecule has 4 rings (SSSR count). The van der Waals surface area contributed by atoms with Gasteiger partial charge in [0.05, 0.1) is 12.2 Å². The van der Waals surface area contributed by atoms with E-state index in [-0.39, 0.29) is 36.8 Å². The number of carbonyl (C=O) groups is 3. The van der Waals surface area contributed by atoms with Crippen molar-refractivity contribution in [1.29, 1.82) is 0 Å². The van der Waals surface area contributed by atoms with Gasteiger partial charge in [0.15, 0.2) is 6.29 Å². The van der Waals surface area contributed by atoms with E-state index in [4.69, 9.17) is 19.3 Å². The quantitative estimate of drug-likeness (QED) is 0.145. The van der Waals surface area contributed by atoms with Crippen molar-refractivity contribution < 1.29 is 59.2 Å². The van der Waals surface area contributed by atoms with E-state index in [1.165, 1.54) is 25.2 Å². The monoisotopic (exact) mass is 538 g/mol. The lowest BCUT2D eigenvalue weighted by molar-refractivity contribution is -0.354. The summed E-state index contributed by atoms with van der Waals surface area (Å²) in [7, 11) is 0. The molecule has 0 radical (unpaired) electrons. The number of aliphatic hydroxyl groups is 4. The van der Waals surface area contributed by atoms with Crippen LogP contribution < -0.4 is 0 Å². The fourth-order valence-corrected chi connectivity index (χ4v) is 6.48. The normalized spacial score (nSPS) is 43.3. The Labute approximate surface area is 218 Å². The molecule has 1 saturated carbocycles. The van der Waals surface area contributed by atoms with Crippen LogP contribution in [0.1, 0.15) is 46.0 Å². The van der Waals surface area contributed by atoms with Crippen molar-refractivity contribution in [1.82, 2.24) is 0 Å². The molecule has 0 aromatic rings. The highest BCUT2D eigenvalue weighted by atomic mass is 16.7. The van der Waals surface area contributed by atoms with Gasteiger partial charge in [-0.1, -0.05) is 18.2 Å². The van der Waals surface area contributed by atoms with Crippen LogP contribution in [0.3, 0.4) is 0 Å². The highest BCUT2D eigenvalue weighted by Crippen LogP contribution is 2.66. The molecule has 210 valence electrons. The zero-order chi connectivity index (χ0) is 28.0. The minimum atomic E-state index is -1.73. The van der Waals surface area contributed by atoms with Gasteiger partial charge in [0, 0.05) is 17.1 Å². The summed E-state index contributed by atoms with van der Waals surface area (Å²) in [6.07, 6.45) is -1.17. The van der Waals surface area contributed by atoms with E-state index >= 15 is 0 Å². The molecular weight excluding hydrogens is 504 g/mol. The Balaban J connectivity index is 1.79. The van der Waals surface area contributed by atoms with Gasteiger partial charge in [-0.2, -0.15) is 0 Å². The second kappa shape index (κ2) is 10.2. The molecule has 12 heteroatoms. The molecule has 0 spiro atoms.